The first-order valence-corrected chi connectivity index (χ1v) is 11.8. The number of allylic oxidation sites excluding steroid dienone is 1. The van der Waals surface area contributed by atoms with Gasteiger partial charge >= 0.3 is 6.18 Å². The number of hydrogen-bond acceptors (Lipinski definition) is 5. The number of benzene rings is 2. The average molecular weight is 499 g/mol. The lowest BCUT2D eigenvalue weighted by Crippen LogP contribution is -2.33. The molecule has 0 aliphatic carbocycles. The van der Waals surface area contributed by atoms with Crippen LogP contribution in [-0.4, -0.2) is 41.6 Å². The van der Waals surface area contributed by atoms with Crippen LogP contribution >= 0.6 is 0 Å². The fourth-order valence-electron chi connectivity index (χ4n) is 3.92. The number of aliphatic imine (C=N–C) groups is 1. The summed E-state index contributed by atoms with van der Waals surface area (Å²) in [6, 6.07) is 14.5. The molecule has 0 radical (unpaired) electrons. The van der Waals surface area contributed by atoms with Crippen LogP contribution in [0, 0.1) is 0 Å². The number of ether oxygens (including phenoxy) is 2. The molecule has 1 aromatic heterocycles. The number of halogens is 3. The second kappa shape index (κ2) is 11.3. The van der Waals surface area contributed by atoms with E-state index in [1.54, 1.807) is 31.4 Å². The van der Waals surface area contributed by atoms with E-state index in [9.17, 15) is 13.2 Å². The lowest BCUT2D eigenvalue weighted by atomic mass is 10.1. The van der Waals surface area contributed by atoms with E-state index >= 15 is 0 Å². The Hall–Kier alpha value is -3.75. The molecule has 1 aliphatic heterocycles. The van der Waals surface area contributed by atoms with Gasteiger partial charge in [-0.1, -0.05) is 25.5 Å². The second-order valence-corrected chi connectivity index (χ2v) is 8.53. The van der Waals surface area contributed by atoms with E-state index < -0.39 is 12.8 Å². The predicted octanol–water partition coefficient (Wildman–Crippen LogP) is 6.22. The van der Waals surface area contributed by atoms with Crippen LogP contribution in [0.3, 0.4) is 0 Å². The summed E-state index contributed by atoms with van der Waals surface area (Å²) < 4.78 is 49.2. The third-order valence-corrected chi connectivity index (χ3v) is 5.79. The third kappa shape index (κ3) is 6.68. The van der Waals surface area contributed by atoms with Crippen molar-refractivity contribution in [1.29, 1.82) is 0 Å². The fraction of sp³-hybridized carbons (Fsp3) is 0.333. The first-order chi connectivity index (χ1) is 17.3. The highest BCUT2D eigenvalue weighted by atomic mass is 19.4. The normalized spacial score (nSPS) is 15.6. The highest BCUT2D eigenvalue weighted by Gasteiger charge is 2.28. The Bertz CT molecular complexity index is 1180. The zero-order valence-corrected chi connectivity index (χ0v) is 20.3. The van der Waals surface area contributed by atoms with E-state index in [2.05, 4.69) is 12.0 Å². The molecule has 1 aliphatic rings. The van der Waals surface area contributed by atoms with Gasteiger partial charge in [-0.15, -0.1) is 0 Å². The van der Waals surface area contributed by atoms with Crippen molar-refractivity contribution in [3.8, 4) is 11.5 Å². The van der Waals surface area contributed by atoms with Crippen LogP contribution in [0.25, 0.3) is 0 Å². The van der Waals surface area contributed by atoms with Crippen LogP contribution in [0.4, 0.5) is 18.9 Å². The standard InChI is InChI=1S/C27H29F3N4O2/c1-3-4-5-26-32-25(21-16-31-33(18-21)17-20-6-10-23(35-2)11-7-20)14-15-34(26)22-8-12-24(13-9-22)36-19-27(28,29)30/h6-16,18,26H,3-5,17,19H2,1-2H3. The molecule has 0 spiro atoms. The topological polar surface area (TPSA) is 51.9 Å². The molecule has 1 unspecified atom stereocenters. The minimum Gasteiger partial charge on any atom is -0.497 e. The molecule has 0 amide bonds. The number of methoxy groups -OCH3 is 1. The molecule has 1 atom stereocenters. The summed E-state index contributed by atoms with van der Waals surface area (Å²) in [6.45, 7) is 1.45. The van der Waals surface area contributed by atoms with Gasteiger partial charge in [0.2, 0.25) is 0 Å². The largest absolute Gasteiger partial charge is 0.497 e. The smallest absolute Gasteiger partial charge is 0.422 e. The summed E-state index contributed by atoms with van der Waals surface area (Å²) in [6.07, 6.45) is 6.07. The Morgan fingerprint density at radius 3 is 2.39 bits per heavy atom. The average Bonchev–Trinajstić information content (AvgIpc) is 3.35. The van der Waals surface area contributed by atoms with Crippen molar-refractivity contribution in [2.24, 2.45) is 4.99 Å². The van der Waals surface area contributed by atoms with Crippen LogP contribution in [0.15, 0.2) is 78.2 Å². The minimum atomic E-state index is -4.37. The number of anilines is 1. The summed E-state index contributed by atoms with van der Waals surface area (Å²) in [5.74, 6) is 0.989. The van der Waals surface area contributed by atoms with Gasteiger partial charge in [-0.2, -0.15) is 18.3 Å². The summed E-state index contributed by atoms with van der Waals surface area (Å²) in [7, 11) is 1.64. The molecule has 2 aromatic carbocycles. The molecule has 0 saturated heterocycles. The Kier molecular flexibility index (Phi) is 7.97. The van der Waals surface area contributed by atoms with Gasteiger partial charge < -0.3 is 14.4 Å². The molecule has 3 aromatic rings. The number of nitrogens with zero attached hydrogens (tertiary/aromatic N) is 4. The van der Waals surface area contributed by atoms with Crippen LogP contribution in [0.5, 0.6) is 11.5 Å². The number of unbranched alkanes of at least 4 members (excludes halogenated alkanes) is 1. The molecule has 0 bridgehead atoms. The Labute approximate surface area is 208 Å². The monoisotopic (exact) mass is 498 g/mol. The first kappa shape index (κ1) is 25.3. The van der Waals surface area contributed by atoms with E-state index in [-0.39, 0.29) is 11.9 Å². The molecular formula is C27H29F3N4O2. The molecule has 0 fully saturated rings. The van der Waals surface area contributed by atoms with Crippen LogP contribution in [0.1, 0.15) is 37.3 Å². The molecule has 6 nitrogen and oxygen atoms in total. The van der Waals surface area contributed by atoms with Gasteiger partial charge in [-0.25, -0.2) is 0 Å². The van der Waals surface area contributed by atoms with Crippen molar-refractivity contribution in [1.82, 2.24) is 9.78 Å². The van der Waals surface area contributed by atoms with Crippen molar-refractivity contribution < 1.29 is 22.6 Å². The SMILES string of the molecule is CCCCC1N=C(c2cnn(Cc3ccc(OC)cc3)c2)C=CN1c1ccc(OCC(F)(F)F)cc1. The summed E-state index contributed by atoms with van der Waals surface area (Å²) in [5.41, 5.74) is 3.72. The van der Waals surface area contributed by atoms with Crippen LogP contribution in [-0.2, 0) is 6.54 Å². The van der Waals surface area contributed by atoms with Gasteiger partial charge in [0.25, 0.3) is 0 Å². The molecular weight excluding hydrogens is 469 g/mol. The Balaban J connectivity index is 1.47. The summed E-state index contributed by atoms with van der Waals surface area (Å²) >= 11 is 0. The Morgan fingerprint density at radius 1 is 1.00 bits per heavy atom. The van der Waals surface area contributed by atoms with Crippen LogP contribution < -0.4 is 14.4 Å². The van der Waals surface area contributed by atoms with Gasteiger partial charge in [-0.05, 0) is 60.9 Å². The van der Waals surface area contributed by atoms with Gasteiger partial charge in [0.05, 0.1) is 25.6 Å². The molecule has 0 saturated carbocycles. The predicted molar refractivity (Wildman–Crippen MR) is 134 cm³/mol. The lowest BCUT2D eigenvalue weighted by molar-refractivity contribution is -0.153. The van der Waals surface area contributed by atoms with Gasteiger partial charge in [0, 0.05) is 23.6 Å². The molecule has 36 heavy (non-hydrogen) atoms. The van der Waals surface area contributed by atoms with Crippen LogP contribution in [0.2, 0.25) is 0 Å². The second-order valence-electron chi connectivity index (χ2n) is 8.53. The van der Waals surface area contributed by atoms with Gasteiger partial charge in [0.15, 0.2) is 6.61 Å². The lowest BCUT2D eigenvalue weighted by Gasteiger charge is -2.31. The molecule has 190 valence electrons. The number of aromatic nitrogens is 2. The molecule has 2 heterocycles. The third-order valence-electron chi connectivity index (χ3n) is 5.79. The molecule has 9 heteroatoms. The summed E-state index contributed by atoms with van der Waals surface area (Å²) in [5, 5.41) is 4.50. The zero-order valence-electron chi connectivity index (χ0n) is 20.3. The fourth-order valence-corrected chi connectivity index (χ4v) is 3.92. The maximum Gasteiger partial charge on any atom is 0.422 e. The van der Waals surface area contributed by atoms with E-state index in [1.807, 2.05) is 58.5 Å². The van der Waals surface area contributed by atoms with Crippen molar-refractivity contribution in [2.75, 3.05) is 18.6 Å². The van der Waals surface area contributed by atoms with E-state index in [0.29, 0.717) is 6.54 Å². The maximum absolute atomic E-state index is 12.4. The minimum absolute atomic E-state index is 0.128. The van der Waals surface area contributed by atoms with E-state index in [1.165, 1.54) is 0 Å². The van der Waals surface area contributed by atoms with Gasteiger partial charge in [-0.3, -0.25) is 9.67 Å². The molecule has 4 rings (SSSR count). The van der Waals surface area contributed by atoms with Gasteiger partial charge in [0.1, 0.15) is 17.7 Å². The first-order valence-electron chi connectivity index (χ1n) is 11.8. The number of rotatable bonds is 10. The van der Waals surface area contributed by atoms with E-state index in [0.717, 1.165) is 47.5 Å². The van der Waals surface area contributed by atoms with Crippen molar-refractivity contribution in [3.05, 3.63) is 84.3 Å². The number of alkyl halides is 3. The zero-order chi connectivity index (χ0) is 25.5. The maximum atomic E-state index is 12.4. The Morgan fingerprint density at radius 2 is 1.72 bits per heavy atom. The van der Waals surface area contributed by atoms with E-state index in [4.69, 9.17) is 14.5 Å². The quantitative estimate of drug-likeness (QED) is 0.333. The van der Waals surface area contributed by atoms with Crippen molar-refractivity contribution >= 4 is 11.4 Å². The van der Waals surface area contributed by atoms with Crippen molar-refractivity contribution in [3.63, 3.8) is 0 Å². The van der Waals surface area contributed by atoms with Crippen molar-refractivity contribution in [2.45, 2.75) is 45.1 Å². The molecule has 0 N–H and O–H groups in total. The highest BCUT2D eigenvalue weighted by Crippen LogP contribution is 2.28. The number of hydrogen-bond donors (Lipinski definition) is 0. The summed E-state index contributed by atoms with van der Waals surface area (Å²) in [4.78, 5) is 7.02. The highest BCUT2D eigenvalue weighted by molar-refractivity contribution is 6.09.